The van der Waals surface area contributed by atoms with Crippen molar-refractivity contribution in [2.45, 2.75) is 26.3 Å². The third-order valence-electron chi connectivity index (χ3n) is 2.39. The summed E-state index contributed by atoms with van der Waals surface area (Å²) in [5, 5.41) is 18.4. The van der Waals surface area contributed by atoms with E-state index in [0.717, 1.165) is 0 Å². The van der Waals surface area contributed by atoms with E-state index in [2.05, 4.69) is 10.6 Å². The number of hydrogen-bond acceptors (Lipinski definition) is 4. The van der Waals surface area contributed by atoms with E-state index in [1.807, 2.05) is 0 Å². The van der Waals surface area contributed by atoms with Crippen LogP contribution in [0.3, 0.4) is 0 Å². The Morgan fingerprint density at radius 1 is 1.33 bits per heavy atom. The van der Waals surface area contributed by atoms with Gasteiger partial charge in [0.05, 0.1) is 11.7 Å². The van der Waals surface area contributed by atoms with Crippen LogP contribution in [0.25, 0.3) is 0 Å². The molecule has 0 heterocycles. The lowest BCUT2D eigenvalue weighted by Gasteiger charge is -2.18. The summed E-state index contributed by atoms with van der Waals surface area (Å²) in [4.78, 5) is 21.9. The summed E-state index contributed by atoms with van der Waals surface area (Å²) in [6, 6.07) is -1.06. The summed E-state index contributed by atoms with van der Waals surface area (Å²) < 4.78 is 21.2. The molecular formula is C9H19N3O5S. The number of primary sulfonamides is 1. The molecule has 0 aromatic carbocycles. The van der Waals surface area contributed by atoms with Gasteiger partial charge >= 0.3 is 12.0 Å². The first-order valence-corrected chi connectivity index (χ1v) is 7.12. The van der Waals surface area contributed by atoms with Gasteiger partial charge in [0.15, 0.2) is 0 Å². The average Bonchev–Trinajstić information content (AvgIpc) is 2.21. The van der Waals surface area contributed by atoms with Gasteiger partial charge in [-0.3, -0.25) is 4.79 Å². The molecule has 0 aliphatic rings. The van der Waals surface area contributed by atoms with E-state index in [-0.39, 0.29) is 18.7 Å². The lowest BCUT2D eigenvalue weighted by molar-refractivity contribution is -0.141. The Morgan fingerprint density at radius 2 is 1.89 bits per heavy atom. The lowest BCUT2D eigenvalue weighted by atomic mass is 10.0. The van der Waals surface area contributed by atoms with Crippen LogP contribution in [0.1, 0.15) is 20.3 Å². The second kappa shape index (κ2) is 7.17. The van der Waals surface area contributed by atoms with E-state index in [1.54, 1.807) is 6.92 Å². The molecule has 106 valence electrons. The lowest BCUT2D eigenvalue weighted by Crippen LogP contribution is -2.45. The monoisotopic (exact) mass is 281 g/mol. The second-order valence-corrected chi connectivity index (χ2v) is 5.77. The van der Waals surface area contributed by atoms with Crippen molar-refractivity contribution < 1.29 is 23.1 Å². The number of carboxylic acids is 1. The van der Waals surface area contributed by atoms with Crippen LogP contribution in [0.2, 0.25) is 0 Å². The molecule has 0 radical (unpaired) electrons. The molecular weight excluding hydrogens is 262 g/mol. The molecule has 18 heavy (non-hydrogen) atoms. The van der Waals surface area contributed by atoms with Crippen LogP contribution in [0.15, 0.2) is 0 Å². The molecule has 0 spiro atoms. The summed E-state index contributed by atoms with van der Waals surface area (Å²) in [6.07, 6.45) is 0.203. The van der Waals surface area contributed by atoms with Gasteiger partial charge in [-0.25, -0.2) is 18.4 Å². The maximum absolute atomic E-state index is 11.3. The molecule has 5 N–H and O–H groups in total. The van der Waals surface area contributed by atoms with E-state index in [1.165, 1.54) is 6.92 Å². The summed E-state index contributed by atoms with van der Waals surface area (Å²) in [7, 11) is -3.52. The van der Waals surface area contributed by atoms with Gasteiger partial charge in [0.25, 0.3) is 0 Å². The summed E-state index contributed by atoms with van der Waals surface area (Å²) in [5.41, 5.74) is 0. The fourth-order valence-corrected chi connectivity index (χ4v) is 1.62. The summed E-state index contributed by atoms with van der Waals surface area (Å²) in [5.74, 6) is -1.92. The van der Waals surface area contributed by atoms with Crippen molar-refractivity contribution in [1.29, 1.82) is 0 Å². The molecule has 0 aliphatic carbocycles. The van der Waals surface area contributed by atoms with Crippen LogP contribution in [-0.2, 0) is 14.8 Å². The highest BCUT2D eigenvalue weighted by Gasteiger charge is 2.20. The Hall–Kier alpha value is -1.35. The number of hydrogen-bond donors (Lipinski definition) is 4. The van der Waals surface area contributed by atoms with E-state index in [9.17, 15) is 18.0 Å². The topological polar surface area (TPSA) is 139 Å². The molecule has 0 bridgehead atoms. The fourth-order valence-electron chi connectivity index (χ4n) is 1.07. The van der Waals surface area contributed by atoms with Crippen molar-refractivity contribution in [3.63, 3.8) is 0 Å². The van der Waals surface area contributed by atoms with Crippen molar-refractivity contribution >= 4 is 22.0 Å². The van der Waals surface area contributed by atoms with E-state index in [4.69, 9.17) is 10.2 Å². The normalized spacial score (nSPS) is 14.6. The highest BCUT2D eigenvalue weighted by atomic mass is 32.2. The quantitative estimate of drug-likeness (QED) is 0.447. The molecule has 0 rings (SSSR count). The standard InChI is InChI=1S/C9H19N3O5S/c1-6(8(13)14)7(2)12-9(15)11-4-3-5-18(10,16)17/h6-7H,3-5H2,1-2H3,(H,13,14)(H2,10,16,17)(H2,11,12,15). The van der Waals surface area contributed by atoms with E-state index in [0.29, 0.717) is 0 Å². The second-order valence-electron chi connectivity index (χ2n) is 4.04. The number of amides is 2. The Kier molecular flexibility index (Phi) is 6.63. The zero-order valence-corrected chi connectivity index (χ0v) is 11.2. The first-order valence-electron chi connectivity index (χ1n) is 5.41. The Bertz CT molecular complexity index is 395. The predicted molar refractivity (Wildman–Crippen MR) is 65.4 cm³/mol. The molecule has 2 atom stereocenters. The van der Waals surface area contributed by atoms with Crippen LogP contribution < -0.4 is 15.8 Å². The zero-order valence-electron chi connectivity index (χ0n) is 10.3. The number of carbonyl (C=O) groups is 2. The van der Waals surface area contributed by atoms with Crippen molar-refractivity contribution in [3.05, 3.63) is 0 Å². The Balaban J connectivity index is 3.88. The number of nitrogens with one attached hydrogen (secondary N) is 2. The van der Waals surface area contributed by atoms with Gasteiger partial charge in [0.2, 0.25) is 10.0 Å². The average molecular weight is 281 g/mol. The molecule has 2 amide bonds. The third-order valence-corrected chi connectivity index (χ3v) is 3.25. The van der Waals surface area contributed by atoms with Crippen LogP contribution in [-0.4, -0.2) is 43.9 Å². The molecule has 0 saturated heterocycles. The number of rotatable bonds is 7. The maximum atomic E-state index is 11.3. The molecule has 8 nitrogen and oxygen atoms in total. The van der Waals surface area contributed by atoms with Crippen molar-refractivity contribution in [3.8, 4) is 0 Å². The van der Waals surface area contributed by atoms with Crippen LogP contribution in [0, 0.1) is 5.92 Å². The van der Waals surface area contributed by atoms with Gasteiger partial charge in [-0.2, -0.15) is 0 Å². The molecule has 0 aromatic heterocycles. The highest BCUT2D eigenvalue weighted by molar-refractivity contribution is 7.89. The summed E-state index contributed by atoms with van der Waals surface area (Å²) >= 11 is 0. The fraction of sp³-hybridized carbons (Fsp3) is 0.778. The number of carbonyl (C=O) groups excluding carboxylic acids is 1. The van der Waals surface area contributed by atoms with Gasteiger partial charge in [0.1, 0.15) is 0 Å². The molecule has 0 fully saturated rings. The van der Waals surface area contributed by atoms with Gasteiger partial charge in [-0.05, 0) is 20.3 Å². The minimum Gasteiger partial charge on any atom is -0.481 e. The van der Waals surface area contributed by atoms with Crippen molar-refractivity contribution in [1.82, 2.24) is 10.6 Å². The van der Waals surface area contributed by atoms with Gasteiger partial charge in [-0.1, -0.05) is 0 Å². The third kappa shape index (κ3) is 7.85. The van der Waals surface area contributed by atoms with Gasteiger partial charge in [0, 0.05) is 12.6 Å². The van der Waals surface area contributed by atoms with Crippen molar-refractivity contribution in [2.24, 2.45) is 11.1 Å². The number of aliphatic carboxylic acids is 1. The molecule has 0 aliphatic heterocycles. The SMILES string of the molecule is CC(NC(=O)NCCCS(N)(=O)=O)C(C)C(=O)O. The first-order chi connectivity index (χ1) is 8.13. The number of urea groups is 1. The minimum absolute atomic E-state index is 0.149. The molecule has 0 saturated carbocycles. The zero-order chi connectivity index (χ0) is 14.3. The highest BCUT2D eigenvalue weighted by Crippen LogP contribution is 2.01. The number of nitrogens with two attached hydrogens (primary N) is 1. The minimum atomic E-state index is -3.52. The largest absolute Gasteiger partial charge is 0.481 e. The summed E-state index contributed by atoms with van der Waals surface area (Å²) in [6.45, 7) is 3.20. The predicted octanol–water partition coefficient (Wildman–Crippen LogP) is -0.927. The number of sulfonamides is 1. The van der Waals surface area contributed by atoms with Crippen LogP contribution in [0.5, 0.6) is 0 Å². The van der Waals surface area contributed by atoms with Crippen molar-refractivity contribution in [2.75, 3.05) is 12.3 Å². The number of carboxylic acid groups (broad SMARTS) is 1. The van der Waals surface area contributed by atoms with Gasteiger partial charge in [-0.15, -0.1) is 0 Å². The van der Waals surface area contributed by atoms with Crippen LogP contribution in [0.4, 0.5) is 4.79 Å². The smallest absolute Gasteiger partial charge is 0.315 e. The molecule has 9 heteroatoms. The van der Waals surface area contributed by atoms with E-state index < -0.39 is 34.0 Å². The van der Waals surface area contributed by atoms with Crippen LogP contribution >= 0.6 is 0 Å². The van der Waals surface area contributed by atoms with Gasteiger partial charge < -0.3 is 15.7 Å². The molecule has 0 aromatic rings. The Labute approximate surface area is 106 Å². The Morgan fingerprint density at radius 3 is 2.33 bits per heavy atom. The maximum Gasteiger partial charge on any atom is 0.315 e. The van der Waals surface area contributed by atoms with E-state index >= 15 is 0 Å². The molecule has 2 unspecified atom stereocenters. The first kappa shape index (κ1) is 16.6.